The predicted octanol–water partition coefficient (Wildman–Crippen LogP) is 2.44. The first-order valence-electron chi connectivity index (χ1n) is 5.40. The van der Waals surface area contributed by atoms with Gasteiger partial charge in [-0.25, -0.2) is 4.79 Å². The molecule has 6 heteroatoms. The van der Waals surface area contributed by atoms with E-state index in [-0.39, 0.29) is 5.69 Å². The number of carbonyl (C=O) groups is 1. The fourth-order valence-electron chi connectivity index (χ4n) is 1.70. The Morgan fingerprint density at radius 3 is 2.84 bits per heavy atom. The van der Waals surface area contributed by atoms with Crippen molar-refractivity contribution in [3.05, 3.63) is 58.4 Å². The lowest BCUT2D eigenvalue weighted by molar-refractivity contribution is -0.384. The van der Waals surface area contributed by atoms with Gasteiger partial charge in [0.2, 0.25) is 0 Å². The second-order valence-electron chi connectivity index (χ2n) is 3.72. The highest BCUT2D eigenvalue weighted by Crippen LogP contribution is 2.26. The molecule has 96 valence electrons. The van der Waals surface area contributed by atoms with E-state index in [1.807, 2.05) is 0 Å². The molecule has 1 aromatic carbocycles. The molecule has 0 unspecified atom stereocenters. The van der Waals surface area contributed by atoms with Crippen LogP contribution in [0.4, 0.5) is 5.69 Å². The van der Waals surface area contributed by atoms with E-state index in [0.717, 1.165) is 0 Å². The summed E-state index contributed by atoms with van der Waals surface area (Å²) in [6.45, 7) is 0. The number of nitro benzene ring substituents is 1. The first-order chi connectivity index (χ1) is 9.13. The second kappa shape index (κ2) is 5.26. The van der Waals surface area contributed by atoms with Crippen molar-refractivity contribution >= 4 is 11.7 Å². The van der Waals surface area contributed by atoms with Gasteiger partial charge >= 0.3 is 5.97 Å². The van der Waals surface area contributed by atoms with Gasteiger partial charge in [0.1, 0.15) is 0 Å². The van der Waals surface area contributed by atoms with E-state index in [2.05, 4.69) is 9.72 Å². The van der Waals surface area contributed by atoms with Crippen molar-refractivity contribution in [2.24, 2.45) is 0 Å². The third-order valence-electron chi connectivity index (χ3n) is 2.59. The lowest BCUT2D eigenvalue weighted by Gasteiger charge is -2.06. The molecule has 0 saturated heterocycles. The van der Waals surface area contributed by atoms with E-state index in [1.165, 1.54) is 37.7 Å². The van der Waals surface area contributed by atoms with Crippen molar-refractivity contribution in [3.63, 3.8) is 0 Å². The number of non-ortho nitro benzene ring substituents is 1. The number of benzene rings is 1. The molecule has 2 rings (SSSR count). The van der Waals surface area contributed by atoms with Gasteiger partial charge < -0.3 is 4.74 Å². The minimum absolute atomic E-state index is 0.0443. The summed E-state index contributed by atoms with van der Waals surface area (Å²) in [5.74, 6) is -0.510. The fourth-order valence-corrected chi connectivity index (χ4v) is 1.70. The van der Waals surface area contributed by atoms with Crippen LogP contribution in [0.1, 0.15) is 10.4 Å². The molecule has 0 aliphatic rings. The number of ether oxygens (including phenoxy) is 1. The molecule has 1 heterocycles. The van der Waals surface area contributed by atoms with Crippen LogP contribution in [0.25, 0.3) is 11.1 Å². The van der Waals surface area contributed by atoms with Gasteiger partial charge in [-0.05, 0) is 11.6 Å². The molecule has 0 fully saturated rings. The Balaban J connectivity index is 2.56. The Morgan fingerprint density at radius 1 is 1.37 bits per heavy atom. The van der Waals surface area contributed by atoms with Gasteiger partial charge in [-0.3, -0.25) is 15.1 Å². The number of rotatable bonds is 3. The van der Waals surface area contributed by atoms with Crippen molar-refractivity contribution in [2.75, 3.05) is 7.11 Å². The third kappa shape index (κ3) is 2.57. The van der Waals surface area contributed by atoms with Crippen LogP contribution in [0, 0.1) is 10.1 Å². The Morgan fingerprint density at radius 2 is 2.16 bits per heavy atom. The van der Waals surface area contributed by atoms with E-state index >= 15 is 0 Å². The number of hydrogen-bond donors (Lipinski definition) is 0. The Labute approximate surface area is 108 Å². The van der Waals surface area contributed by atoms with Crippen LogP contribution < -0.4 is 0 Å². The maximum Gasteiger partial charge on any atom is 0.338 e. The van der Waals surface area contributed by atoms with Crippen molar-refractivity contribution in [3.8, 4) is 11.1 Å². The molecule has 1 aromatic heterocycles. The third-order valence-corrected chi connectivity index (χ3v) is 2.59. The molecule has 0 amide bonds. The fraction of sp³-hybridized carbons (Fsp3) is 0.0769. The van der Waals surface area contributed by atoms with Crippen molar-refractivity contribution in [1.29, 1.82) is 0 Å². The van der Waals surface area contributed by atoms with E-state index in [4.69, 9.17) is 0 Å². The molecule has 0 N–H and O–H groups in total. The quantitative estimate of drug-likeness (QED) is 0.479. The van der Waals surface area contributed by atoms with E-state index in [1.54, 1.807) is 12.1 Å². The van der Waals surface area contributed by atoms with Gasteiger partial charge in [-0.1, -0.05) is 12.1 Å². The van der Waals surface area contributed by atoms with Crippen LogP contribution in [0.5, 0.6) is 0 Å². The summed E-state index contributed by atoms with van der Waals surface area (Å²) in [5, 5.41) is 10.8. The maximum atomic E-state index is 11.6. The van der Waals surface area contributed by atoms with Gasteiger partial charge in [-0.15, -0.1) is 0 Å². The van der Waals surface area contributed by atoms with E-state index in [9.17, 15) is 14.9 Å². The molecule has 0 saturated carbocycles. The smallest absolute Gasteiger partial charge is 0.338 e. The summed E-state index contributed by atoms with van der Waals surface area (Å²) in [7, 11) is 1.28. The van der Waals surface area contributed by atoms with Crippen molar-refractivity contribution in [2.45, 2.75) is 0 Å². The van der Waals surface area contributed by atoms with Crippen LogP contribution >= 0.6 is 0 Å². The first kappa shape index (κ1) is 12.7. The average Bonchev–Trinajstić information content (AvgIpc) is 2.46. The predicted molar refractivity (Wildman–Crippen MR) is 67.7 cm³/mol. The van der Waals surface area contributed by atoms with Crippen LogP contribution in [-0.2, 0) is 4.74 Å². The Bertz CT molecular complexity index is 640. The lowest BCUT2D eigenvalue weighted by Crippen LogP contribution is -2.04. The molecule has 0 spiro atoms. The highest BCUT2D eigenvalue weighted by Gasteiger charge is 2.15. The zero-order valence-electron chi connectivity index (χ0n) is 10.1. The molecule has 0 radical (unpaired) electrons. The van der Waals surface area contributed by atoms with Crippen LogP contribution in [-0.4, -0.2) is 23.0 Å². The van der Waals surface area contributed by atoms with Crippen molar-refractivity contribution < 1.29 is 14.5 Å². The summed E-state index contributed by atoms with van der Waals surface area (Å²) in [6.07, 6.45) is 2.94. The summed E-state index contributed by atoms with van der Waals surface area (Å²) in [5.41, 5.74) is 1.32. The Kier molecular flexibility index (Phi) is 3.51. The molecular weight excluding hydrogens is 248 g/mol. The monoisotopic (exact) mass is 258 g/mol. The van der Waals surface area contributed by atoms with E-state index < -0.39 is 10.9 Å². The zero-order chi connectivity index (χ0) is 13.8. The van der Waals surface area contributed by atoms with Gasteiger partial charge in [-0.2, -0.15) is 0 Å². The number of nitrogens with zero attached hydrogens (tertiary/aromatic N) is 2. The highest BCUT2D eigenvalue weighted by molar-refractivity contribution is 5.97. The molecule has 2 aromatic rings. The topological polar surface area (TPSA) is 82.3 Å². The van der Waals surface area contributed by atoms with Crippen LogP contribution in [0.15, 0.2) is 42.7 Å². The molecule has 0 bridgehead atoms. The molecule has 0 aliphatic carbocycles. The summed E-state index contributed by atoms with van der Waals surface area (Å²) < 4.78 is 4.68. The Hall–Kier alpha value is -2.76. The highest BCUT2D eigenvalue weighted by atomic mass is 16.6. The molecular formula is C13H10N2O4. The number of hydrogen-bond acceptors (Lipinski definition) is 5. The number of esters is 1. The molecule has 0 aliphatic heterocycles. The SMILES string of the molecule is COC(=O)c1ccncc1-c1cccc([N+](=O)[O-])c1. The number of aromatic nitrogens is 1. The van der Waals surface area contributed by atoms with Gasteiger partial charge in [0, 0.05) is 30.1 Å². The summed E-state index contributed by atoms with van der Waals surface area (Å²) in [4.78, 5) is 25.8. The average molecular weight is 258 g/mol. The van der Waals surface area contributed by atoms with Crippen LogP contribution in [0.2, 0.25) is 0 Å². The normalized spacial score (nSPS) is 9.95. The van der Waals surface area contributed by atoms with Crippen LogP contribution in [0.3, 0.4) is 0 Å². The summed E-state index contributed by atoms with van der Waals surface area (Å²) in [6, 6.07) is 7.53. The number of methoxy groups -OCH3 is 1. The zero-order valence-corrected chi connectivity index (χ0v) is 10.1. The van der Waals surface area contributed by atoms with Crippen molar-refractivity contribution in [1.82, 2.24) is 4.98 Å². The van der Waals surface area contributed by atoms with E-state index in [0.29, 0.717) is 16.7 Å². The van der Waals surface area contributed by atoms with Gasteiger partial charge in [0.25, 0.3) is 5.69 Å². The first-order valence-corrected chi connectivity index (χ1v) is 5.40. The maximum absolute atomic E-state index is 11.6. The standard InChI is InChI=1S/C13H10N2O4/c1-19-13(16)11-5-6-14-8-12(11)9-3-2-4-10(7-9)15(17)18/h2-8H,1H3. The second-order valence-corrected chi connectivity index (χ2v) is 3.72. The molecule has 19 heavy (non-hydrogen) atoms. The lowest BCUT2D eigenvalue weighted by atomic mass is 10.0. The van der Waals surface area contributed by atoms with Gasteiger partial charge in [0.05, 0.1) is 17.6 Å². The molecule has 0 atom stereocenters. The number of nitro groups is 1. The van der Waals surface area contributed by atoms with Gasteiger partial charge in [0.15, 0.2) is 0 Å². The number of carbonyl (C=O) groups excluding carboxylic acids is 1. The molecule has 6 nitrogen and oxygen atoms in total. The summed E-state index contributed by atoms with van der Waals surface area (Å²) >= 11 is 0. The largest absolute Gasteiger partial charge is 0.465 e. The number of pyridine rings is 1. The minimum atomic E-state index is -0.510. The minimum Gasteiger partial charge on any atom is -0.465 e.